The molecule has 1 heterocycles. The first-order valence-corrected chi connectivity index (χ1v) is 13.5. The summed E-state index contributed by atoms with van der Waals surface area (Å²) in [4.78, 5) is 5.17. The van der Waals surface area contributed by atoms with E-state index >= 15 is 0 Å². The second kappa shape index (κ2) is 8.94. The Kier molecular flexibility index (Phi) is 5.44. The van der Waals surface area contributed by atoms with Gasteiger partial charge >= 0.3 is 0 Å². The van der Waals surface area contributed by atoms with Crippen LogP contribution >= 0.6 is 0 Å². The molecule has 0 aromatic heterocycles. The Bertz CT molecular complexity index is 1440. The molecule has 3 aliphatic carbocycles. The summed E-state index contributed by atoms with van der Waals surface area (Å²) in [6, 6.07) is 20.4. The SMILES string of the molecule is [CH2]C(C1C=Cc2ccc3c(c2C1)CC=C1CC=CC=C13)N1CCN(c2cccc3ccccc23)CC1. The van der Waals surface area contributed by atoms with Gasteiger partial charge in [-0.25, -0.2) is 0 Å². The summed E-state index contributed by atoms with van der Waals surface area (Å²) in [7, 11) is 0. The van der Waals surface area contributed by atoms with E-state index in [2.05, 4.69) is 101 Å². The smallest absolute Gasteiger partial charge is 0.0446 e. The average molecular weight is 470 g/mol. The Labute approximate surface area is 214 Å². The molecule has 1 saturated heterocycles. The number of rotatable bonds is 3. The molecule has 0 spiro atoms. The summed E-state index contributed by atoms with van der Waals surface area (Å²) in [6.07, 6.45) is 17.3. The average Bonchev–Trinajstić information content (AvgIpc) is 2.96. The molecule has 7 rings (SSSR count). The normalized spacial score (nSPS) is 21.9. The molecule has 2 unspecified atom stereocenters. The van der Waals surface area contributed by atoms with Crippen molar-refractivity contribution >= 4 is 28.1 Å². The summed E-state index contributed by atoms with van der Waals surface area (Å²) in [5.74, 6) is 0.457. The molecule has 4 aliphatic rings. The van der Waals surface area contributed by atoms with Crippen LogP contribution in [0.1, 0.15) is 28.7 Å². The van der Waals surface area contributed by atoms with E-state index in [1.807, 2.05) is 0 Å². The number of hydrogen-bond acceptors (Lipinski definition) is 2. The number of hydrogen-bond donors (Lipinski definition) is 0. The van der Waals surface area contributed by atoms with Crippen molar-refractivity contribution in [3.63, 3.8) is 0 Å². The first-order valence-electron chi connectivity index (χ1n) is 13.5. The maximum atomic E-state index is 4.71. The van der Waals surface area contributed by atoms with Gasteiger partial charge in [0.2, 0.25) is 0 Å². The third kappa shape index (κ3) is 3.67. The van der Waals surface area contributed by atoms with E-state index in [9.17, 15) is 0 Å². The standard InChI is InChI=1S/C34H33N2/c1-24(35-19-21-36(22-20-35)34-12-6-9-25-7-3-5-11-30(25)34)28-14-13-27-16-17-31-29-10-4-2-8-26(29)15-18-32(31)33(27)23-28/h2-7,9-17,24,28H,1,8,18-23H2. The van der Waals surface area contributed by atoms with Gasteiger partial charge in [-0.05, 0) is 77.0 Å². The molecule has 36 heavy (non-hydrogen) atoms. The van der Waals surface area contributed by atoms with Gasteiger partial charge in [-0.15, -0.1) is 0 Å². The van der Waals surface area contributed by atoms with Gasteiger partial charge in [-0.3, -0.25) is 4.90 Å². The minimum atomic E-state index is 0.298. The number of benzene rings is 3. The zero-order chi connectivity index (χ0) is 24.1. The first-order chi connectivity index (χ1) is 17.8. The summed E-state index contributed by atoms with van der Waals surface area (Å²) in [5, 5.41) is 2.68. The summed E-state index contributed by atoms with van der Waals surface area (Å²) >= 11 is 0. The third-order valence-corrected chi connectivity index (χ3v) is 8.74. The number of piperazine rings is 1. The van der Waals surface area contributed by atoms with Crippen molar-refractivity contribution in [3.8, 4) is 0 Å². The zero-order valence-corrected chi connectivity index (χ0v) is 20.9. The van der Waals surface area contributed by atoms with Crippen LogP contribution in [0.5, 0.6) is 0 Å². The van der Waals surface area contributed by atoms with Crippen molar-refractivity contribution in [2.75, 3.05) is 31.1 Å². The molecule has 1 aliphatic heterocycles. The molecule has 2 atom stereocenters. The maximum absolute atomic E-state index is 4.71. The number of anilines is 1. The van der Waals surface area contributed by atoms with E-state index in [0.29, 0.717) is 12.0 Å². The second-order valence-corrected chi connectivity index (χ2v) is 10.6. The van der Waals surface area contributed by atoms with Crippen LogP contribution in [0.3, 0.4) is 0 Å². The molecule has 3 aromatic carbocycles. The molecule has 2 heteroatoms. The summed E-state index contributed by atoms with van der Waals surface area (Å²) in [5.41, 5.74) is 10.2. The molecule has 2 nitrogen and oxygen atoms in total. The minimum absolute atomic E-state index is 0.298. The van der Waals surface area contributed by atoms with Crippen LogP contribution in [0.2, 0.25) is 0 Å². The maximum Gasteiger partial charge on any atom is 0.0446 e. The van der Waals surface area contributed by atoms with E-state index in [0.717, 1.165) is 45.4 Å². The molecular weight excluding hydrogens is 436 g/mol. The summed E-state index contributed by atoms with van der Waals surface area (Å²) < 4.78 is 0. The van der Waals surface area contributed by atoms with Crippen LogP contribution in [0.25, 0.3) is 22.4 Å². The van der Waals surface area contributed by atoms with Crippen molar-refractivity contribution < 1.29 is 0 Å². The lowest BCUT2D eigenvalue weighted by Crippen LogP contribution is -2.52. The van der Waals surface area contributed by atoms with Crippen LogP contribution in [0.15, 0.2) is 90.6 Å². The van der Waals surface area contributed by atoms with Crippen LogP contribution < -0.4 is 4.90 Å². The number of allylic oxidation sites excluding steroid dienone is 6. The monoisotopic (exact) mass is 469 g/mol. The molecule has 1 radical (unpaired) electrons. The Morgan fingerprint density at radius 2 is 1.72 bits per heavy atom. The third-order valence-electron chi connectivity index (χ3n) is 8.74. The van der Waals surface area contributed by atoms with E-state index in [1.54, 1.807) is 11.1 Å². The summed E-state index contributed by atoms with van der Waals surface area (Å²) in [6.45, 7) is 8.94. The fraction of sp³-hybridized carbons (Fsp3) is 0.265. The predicted octanol–water partition coefficient (Wildman–Crippen LogP) is 6.88. The second-order valence-electron chi connectivity index (χ2n) is 10.6. The van der Waals surface area contributed by atoms with E-state index < -0.39 is 0 Å². The van der Waals surface area contributed by atoms with Crippen molar-refractivity contribution in [2.45, 2.75) is 25.3 Å². The topological polar surface area (TPSA) is 6.48 Å². The van der Waals surface area contributed by atoms with Gasteiger partial charge in [0.05, 0.1) is 0 Å². The molecular formula is C34H33N2. The molecule has 1 fully saturated rings. The quantitative estimate of drug-likeness (QED) is 0.413. The lowest BCUT2D eigenvalue weighted by Gasteiger charge is -2.42. The van der Waals surface area contributed by atoms with Crippen molar-refractivity contribution in [3.05, 3.63) is 120 Å². The Balaban J connectivity index is 1.08. The molecule has 0 amide bonds. The van der Waals surface area contributed by atoms with E-state index in [1.165, 1.54) is 38.7 Å². The predicted molar refractivity (Wildman–Crippen MR) is 153 cm³/mol. The number of nitrogens with zero attached hydrogens (tertiary/aromatic N) is 2. The van der Waals surface area contributed by atoms with Gasteiger partial charge in [-0.1, -0.05) is 85.0 Å². The minimum Gasteiger partial charge on any atom is -0.368 e. The largest absolute Gasteiger partial charge is 0.368 e. The van der Waals surface area contributed by atoms with E-state index in [-0.39, 0.29) is 0 Å². The lowest BCUT2D eigenvalue weighted by molar-refractivity contribution is 0.180. The highest BCUT2D eigenvalue weighted by Gasteiger charge is 2.30. The van der Waals surface area contributed by atoms with Crippen molar-refractivity contribution in [2.24, 2.45) is 5.92 Å². The fourth-order valence-corrected chi connectivity index (χ4v) is 6.70. The van der Waals surface area contributed by atoms with Crippen molar-refractivity contribution in [1.82, 2.24) is 4.90 Å². The van der Waals surface area contributed by atoms with Gasteiger partial charge < -0.3 is 4.90 Å². The molecule has 0 saturated carbocycles. The van der Waals surface area contributed by atoms with Crippen LogP contribution in [0, 0.1) is 12.8 Å². The number of fused-ring (bicyclic) bond motifs is 6. The Morgan fingerprint density at radius 3 is 2.64 bits per heavy atom. The Hall–Kier alpha value is -3.36. The highest BCUT2D eigenvalue weighted by molar-refractivity contribution is 5.94. The molecule has 179 valence electrons. The molecule has 3 aromatic rings. The molecule has 0 N–H and O–H groups in total. The zero-order valence-electron chi connectivity index (χ0n) is 20.9. The van der Waals surface area contributed by atoms with Gasteiger partial charge in [0.15, 0.2) is 0 Å². The van der Waals surface area contributed by atoms with Crippen LogP contribution in [-0.2, 0) is 12.8 Å². The fourth-order valence-electron chi connectivity index (χ4n) is 6.70. The van der Waals surface area contributed by atoms with Crippen LogP contribution in [0.4, 0.5) is 5.69 Å². The lowest BCUT2D eigenvalue weighted by atomic mass is 9.76. The highest BCUT2D eigenvalue weighted by atomic mass is 15.3. The highest BCUT2D eigenvalue weighted by Crippen LogP contribution is 2.40. The van der Waals surface area contributed by atoms with Crippen LogP contribution in [-0.4, -0.2) is 37.1 Å². The van der Waals surface area contributed by atoms with E-state index in [4.69, 9.17) is 6.92 Å². The van der Waals surface area contributed by atoms with Gasteiger partial charge in [0.25, 0.3) is 0 Å². The first kappa shape index (κ1) is 21.9. The van der Waals surface area contributed by atoms with Gasteiger partial charge in [-0.2, -0.15) is 0 Å². The van der Waals surface area contributed by atoms with Crippen molar-refractivity contribution in [1.29, 1.82) is 0 Å². The van der Waals surface area contributed by atoms with Gasteiger partial charge in [0, 0.05) is 43.3 Å². The Morgan fingerprint density at radius 1 is 0.861 bits per heavy atom. The molecule has 0 bridgehead atoms. The van der Waals surface area contributed by atoms with Gasteiger partial charge in [0.1, 0.15) is 0 Å².